The van der Waals surface area contributed by atoms with Gasteiger partial charge in [-0.05, 0) is 31.5 Å². The summed E-state index contributed by atoms with van der Waals surface area (Å²) in [4.78, 5) is 1.25. The highest BCUT2D eigenvalue weighted by Crippen LogP contribution is 2.18. The number of allylic oxidation sites excluding steroid dienone is 1. The van der Waals surface area contributed by atoms with Crippen LogP contribution in [0.2, 0.25) is 0 Å². The summed E-state index contributed by atoms with van der Waals surface area (Å²) >= 11 is 1.81. The van der Waals surface area contributed by atoms with E-state index < -0.39 is 0 Å². The van der Waals surface area contributed by atoms with Crippen molar-refractivity contribution in [1.29, 1.82) is 0 Å². The summed E-state index contributed by atoms with van der Waals surface area (Å²) in [6.07, 6.45) is 2.21. The lowest BCUT2D eigenvalue weighted by Gasteiger charge is -2.00. The van der Waals surface area contributed by atoms with Gasteiger partial charge in [-0.25, -0.2) is 0 Å². The van der Waals surface area contributed by atoms with Crippen LogP contribution in [0.4, 0.5) is 0 Å². The number of aliphatic hydroxyl groups is 1. The molecule has 76 valence electrons. The first-order valence-corrected chi connectivity index (χ1v) is 5.67. The van der Waals surface area contributed by atoms with Gasteiger partial charge >= 0.3 is 0 Å². The predicted molar refractivity (Wildman–Crippen MR) is 62.5 cm³/mol. The molecule has 1 N–H and O–H groups in total. The van der Waals surface area contributed by atoms with Crippen molar-refractivity contribution in [2.24, 2.45) is 0 Å². The third-order valence-electron chi connectivity index (χ3n) is 1.85. The van der Waals surface area contributed by atoms with Crippen LogP contribution in [0.25, 0.3) is 0 Å². The number of aliphatic hydroxyl groups excluding tert-OH is 1. The zero-order valence-corrected chi connectivity index (χ0v) is 9.47. The molecule has 0 radical (unpaired) electrons. The Morgan fingerprint density at radius 2 is 1.93 bits per heavy atom. The third-order valence-corrected chi connectivity index (χ3v) is 2.79. The second-order valence-corrected chi connectivity index (χ2v) is 4.49. The molecule has 0 spiro atoms. The van der Waals surface area contributed by atoms with Crippen molar-refractivity contribution < 1.29 is 5.11 Å². The van der Waals surface area contributed by atoms with Gasteiger partial charge in [0.1, 0.15) is 0 Å². The molecule has 1 rings (SSSR count). The van der Waals surface area contributed by atoms with E-state index >= 15 is 0 Å². The Balaban J connectivity index is 2.48. The zero-order chi connectivity index (χ0) is 10.4. The van der Waals surface area contributed by atoms with Crippen LogP contribution >= 0.6 is 11.8 Å². The van der Waals surface area contributed by atoms with Gasteiger partial charge in [-0.3, -0.25) is 0 Å². The highest BCUT2D eigenvalue weighted by atomic mass is 32.2. The van der Waals surface area contributed by atoms with Crippen LogP contribution in [0.1, 0.15) is 19.4 Å². The summed E-state index contributed by atoms with van der Waals surface area (Å²) < 4.78 is 0. The first-order valence-electron chi connectivity index (χ1n) is 4.68. The fourth-order valence-electron chi connectivity index (χ4n) is 0.996. The molecule has 0 aliphatic heterocycles. The van der Waals surface area contributed by atoms with Gasteiger partial charge in [0, 0.05) is 10.6 Å². The summed E-state index contributed by atoms with van der Waals surface area (Å²) in [5, 5.41) is 8.86. The quantitative estimate of drug-likeness (QED) is 0.605. The van der Waals surface area contributed by atoms with Gasteiger partial charge in [0.05, 0.1) is 6.61 Å². The summed E-state index contributed by atoms with van der Waals surface area (Å²) in [7, 11) is 0. The molecule has 14 heavy (non-hydrogen) atoms. The van der Waals surface area contributed by atoms with Gasteiger partial charge in [-0.1, -0.05) is 23.8 Å². The highest BCUT2D eigenvalue weighted by molar-refractivity contribution is 7.99. The van der Waals surface area contributed by atoms with E-state index in [0.29, 0.717) is 0 Å². The molecular weight excluding hydrogens is 192 g/mol. The normalized spacial score (nSPS) is 9.93. The Kier molecular flexibility index (Phi) is 4.77. The van der Waals surface area contributed by atoms with Crippen molar-refractivity contribution in [2.75, 3.05) is 5.75 Å². The van der Waals surface area contributed by atoms with Crippen LogP contribution in [0, 0.1) is 0 Å². The molecule has 1 nitrogen and oxygen atoms in total. The molecule has 0 heterocycles. The van der Waals surface area contributed by atoms with Crippen LogP contribution in [0.5, 0.6) is 0 Å². The molecule has 1 aromatic carbocycles. The van der Waals surface area contributed by atoms with Crippen molar-refractivity contribution in [3.8, 4) is 0 Å². The maximum absolute atomic E-state index is 8.86. The van der Waals surface area contributed by atoms with Crippen LogP contribution in [0.3, 0.4) is 0 Å². The van der Waals surface area contributed by atoms with Crippen LogP contribution in [-0.2, 0) is 6.61 Å². The minimum absolute atomic E-state index is 0.124. The first-order chi connectivity index (χ1) is 6.72. The number of benzene rings is 1. The van der Waals surface area contributed by atoms with Gasteiger partial charge in [0.15, 0.2) is 0 Å². The molecule has 0 bridgehead atoms. The standard InChI is InChI=1S/C12H16OS/c1-10(2)7-8-14-12-5-3-11(9-13)4-6-12/h3-7,13H,8-9H2,1-2H3. The lowest BCUT2D eigenvalue weighted by molar-refractivity contribution is 0.282. The Morgan fingerprint density at radius 1 is 1.29 bits per heavy atom. The predicted octanol–water partition coefficient (Wildman–Crippen LogP) is 3.24. The monoisotopic (exact) mass is 208 g/mol. The Labute approximate surface area is 89.8 Å². The average molecular weight is 208 g/mol. The van der Waals surface area contributed by atoms with Gasteiger partial charge in [0.2, 0.25) is 0 Å². The topological polar surface area (TPSA) is 20.2 Å². The molecule has 0 fully saturated rings. The number of thioether (sulfide) groups is 1. The fraction of sp³-hybridized carbons (Fsp3) is 0.333. The maximum Gasteiger partial charge on any atom is 0.0681 e. The minimum atomic E-state index is 0.124. The van der Waals surface area contributed by atoms with E-state index in [1.54, 1.807) is 0 Å². The Morgan fingerprint density at radius 3 is 2.43 bits per heavy atom. The third kappa shape index (κ3) is 3.99. The maximum atomic E-state index is 8.86. The molecule has 0 saturated heterocycles. The summed E-state index contributed by atoms with van der Waals surface area (Å²) in [5.41, 5.74) is 2.32. The van der Waals surface area contributed by atoms with Crippen molar-refractivity contribution >= 4 is 11.8 Å². The second kappa shape index (κ2) is 5.89. The van der Waals surface area contributed by atoms with E-state index in [0.717, 1.165) is 11.3 Å². The van der Waals surface area contributed by atoms with Crippen molar-refractivity contribution in [1.82, 2.24) is 0 Å². The van der Waals surface area contributed by atoms with E-state index in [1.807, 2.05) is 23.9 Å². The van der Waals surface area contributed by atoms with Gasteiger partial charge in [-0.15, -0.1) is 11.8 Å². The van der Waals surface area contributed by atoms with Gasteiger partial charge in [-0.2, -0.15) is 0 Å². The fourth-order valence-corrected chi connectivity index (χ4v) is 1.93. The van der Waals surface area contributed by atoms with E-state index in [-0.39, 0.29) is 6.61 Å². The minimum Gasteiger partial charge on any atom is -0.392 e. The molecule has 0 aromatic heterocycles. The molecule has 0 amide bonds. The number of hydrogen-bond acceptors (Lipinski definition) is 2. The summed E-state index contributed by atoms with van der Waals surface area (Å²) in [6, 6.07) is 8.03. The van der Waals surface area contributed by atoms with Crippen molar-refractivity contribution in [3.63, 3.8) is 0 Å². The average Bonchev–Trinajstić information content (AvgIpc) is 2.18. The van der Waals surface area contributed by atoms with E-state index in [4.69, 9.17) is 5.11 Å². The van der Waals surface area contributed by atoms with Crippen LogP contribution in [0.15, 0.2) is 40.8 Å². The molecule has 0 atom stereocenters. The van der Waals surface area contributed by atoms with E-state index in [1.165, 1.54) is 10.5 Å². The molecule has 2 heteroatoms. The Hall–Kier alpha value is -0.730. The molecule has 1 aromatic rings. The molecule has 0 saturated carbocycles. The van der Waals surface area contributed by atoms with Crippen molar-refractivity contribution in [3.05, 3.63) is 41.5 Å². The first kappa shape index (κ1) is 11.3. The molecular formula is C12H16OS. The SMILES string of the molecule is CC(C)=CCSc1ccc(CO)cc1. The molecule has 0 aliphatic carbocycles. The lowest BCUT2D eigenvalue weighted by Crippen LogP contribution is -1.82. The highest BCUT2D eigenvalue weighted by Gasteiger charge is 1.93. The van der Waals surface area contributed by atoms with Gasteiger partial charge in [0.25, 0.3) is 0 Å². The zero-order valence-electron chi connectivity index (χ0n) is 8.66. The number of hydrogen-bond donors (Lipinski definition) is 1. The molecule has 0 unspecified atom stereocenters. The lowest BCUT2D eigenvalue weighted by atomic mass is 10.2. The Bertz CT molecular complexity index is 297. The van der Waals surface area contributed by atoms with Crippen LogP contribution in [-0.4, -0.2) is 10.9 Å². The largest absolute Gasteiger partial charge is 0.392 e. The smallest absolute Gasteiger partial charge is 0.0681 e. The van der Waals surface area contributed by atoms with Gasteiger partial charge < -0.3 is 5.11 Å². The molecule has 0 aliphatic rings. The number of rotatable bonds is 4. The summed E-state index contributed by atoms with van der Waals surface area (Å²) in [6.45, 7) is 4.34. The van der Waals surface area contributed by atoms with E-state index in [2.05, 4.69) is 32.1 Å². The van der Waals surface area contributed by atoms with Crippen molar-refractivity contribution in [2.45, 2.75) is 25.3 Å². The summed E-state index contributed by atoms with van der Waals surface area (Å²) in [5.74, 6) is 1.01. The second-order valence-electron chi connectivity index (χ2n) is 3.39. The van der Waals surface area contributed by atoms with Crippen LogP contribution < -0.4 is 0 Å². The van der Waals surface area contributed by atoms with E-state index in [9.17, 15) is 0 Å².